The second-order valence-corrected chi connectivity index (χ2v) is 5.13. The molecule has 0 amide bonds. The van der Waals surface area contributed by atoms with Crippen molar-refractivity contribution in [3.63, 3.8) is 0 Å². The van der Waals surface area contributed by atoms with E-state index in [0.717, 1.165) is 32.5 Å². The Bertz CT molecular complexity index is 195. The Morgan fingerprint density at radius 3 is 2.18 bits per heavy atom. The molecule has 2 atom stereocenters. The molecule has 1 saturated carbocycles. The molecule has 1 rings (SSSR count). The minimum atomic E-state index is -0.0446. The van der Waals surface area contributed by atoms with Gasteiger partial charge in [0.05, 0.1) is 6.10 Å². The van der Waals surface area contributed by atoms with E-state index in [-0.39, 0.29) is 6.10 Å². The van der Waals surface area contributed by atoms with Crippen LogP contribution in [0.15, 0.2) is 0 Å². The van der Waals surface area contributed by atoms with Gasteiger partial charge < -0.3 is 14.9 Å². The van der Waals surface area contributed by atoms with Crippen LogP contribution in [0.4, 0.5) is 0 Å². The predicted octanol–water partition coefficient (Wildman–Crippen LogP) is 1.95. The van der Waals surface area contributed by atoms with E-state index >= 15 is 0 Å². The molecule has 17 heavy (non-hydrogen) atoms. The largest absolute Gasteiger partial charge is 0.393 e. The van der Waals surface area contributed by atoms with Crippen molar-refractivity contribution in [2.24, 2.45) is 0 Å². The van der Waals surface area contributed by atoms with E-state index in [1.165, 1.54) is 25.9 Å². The average molecular weight is 242 g/mol. The van der Waals surface area contributed by atoms with Gasteiger partial charge in [-0.1, -0.05) is 20.8 Å². The second kappa shape index (κ2) is 8.06. The zero-order chi connectivity index (χ0) is 12.7. The molecule has 0 spiro atoms. The third kappa shape index (κ3) is 4.94. The summed E-state index contributed by atoms with van der Waals surface area (Å²) in [7, 11) is 0. The first kappa shape index (κ1) is 14.9. The standard InChI is InChI=1S/C14H30N2O/c1-4-15(5-2)10-7-11-16(6-3)13-8-9-14(17)12-13/h13-14,17H,4-12H2,1-3H3. The molecule has 1 fully saturated rings. The Kier molecular flexibility index (Phi) is 7.09. The molecule has 0 heterocycles. The van der Waals surface area contributed by atoms with Gasteiger partial charge in [-0.3, -0.25) is 0 Å². The highest BCUT2D eigenvalue weighted by atomic mass is 16.3. The molecule has 1 N–H and O–H groups in total. The molecule has 102 valence electrons. The maximum atomic E-state index is 9.60. The van der Waals surface area contributed by atoms with Crippen LogP contribution < -0.4 is 0 Å². The summed E-state index contributed by atoms with van der Waals surface area (Å²) in [5.74, 6) is 0. The van der Waals surface area contributed by atoms with Crippen molar-refractivity contribution >= 4 is 0 Å². The number of rotatable bonds is 8. The molecule has 0 aliphatic heterocycles. The molecule has 0 bridgehead atoms. The Morgan fingerprint density at radius 2 is 1.71 bits per heavy atom. The van der Waals surface area contributed by atoms with Crippen molar-refractivity contribution in [2.75, 3.05) is 32.7 Å². The van der Waals surface area contributed by atoms with Crippen LogP contribution >= 0.6 is 0 Å². The summed E-state index contributed by atoms with van der Waals surface area (Å²) in [4.78, 5) is 5.04. The van der Waals surface area contributed by atoms with Gasteiger partial charge in [0.15, 0.2) is 0 Å². The van der Waals surface area contributed by atoms with Gasteiger partial charge in [0.2, 0.25) is 0 Å². The van der Waals surface area contributed by atoms with E-state index in [4.69, 9.17) is 0 Å². The van der Waals surface area contributed by atoms with E-state index in [9.17, 15) is 5.11 Å². The number of aliphatic hydroxyl groups is 1. The summed E-state index contributed by atoms with van der Waals surface area (Å²) in [6.07, 6.45) is 4.37. The van der Waals surface area contributed by atoms with Crippen molar-refractivity contribution < 1.29 is 5.11 Å². The number of hydrogen-bond donors (Lipinski definition) is 1. The van der Waals surface area contributed by atoms with Crippen LogP contribution in [0.5, 0.6) is 0 Å². The Labute approximate surface area is 107 Å². The Hall–Kier alpha value is -0.120. The van der Waals surface area contributed by atoms with E-state index in [0.29, 0.717) is 6.04 Å². The fourth-order valence-electron chi connectivity index (χ4n) is 2.90. The normalized spacial score (nSPS) is 25.1. The van der Waals surface area contributed by atoms with Crippen molar-refractivity contribution in [3.05, 3.63) is 0 Å². The highest BCUT2D eigenvalue weighted by Crippen LogP contribution is 2.23. The lowest BCUT2D eigenvalue weighted by atomic mass is 10.2. The van der Waals surface area contributed by atoms with E-state index in [2.05, 4.69) is 30.6 Å². The number of hydrogen-bond acceptors (Lipinski definition) is 3. The van der Waals surface area contributed by atoms with Crippen LogP contribution in [0.25, 0.3) is 0 Å². The van der Waals surface area contributed by atoms with Gasteiger partial charge in [-0.25, -0.2) is 0 Å². The summed E-state index contributed by atoms with van der Waals surface area (Å²) >= 11 is 0. The van der Waals surface area contributed by atoms with Gasteiger partial charge in [0, 0.05) is 6.04 Å². The lowest BCUT2D eigenvalue weighted by molar-refractivity contribution is 0.149. The molecule has 1 aliphatic carbocycles. The number of nitrogens with zero attached hydrogens (tertiary/aromatic N) is 2. The van der Waals surface area contributed by atoms with Crippen LogP contribution in [0.2, 0.25) is 0 Å². The van der Waals surface area contributed by atoms with E-state index in [1.807, 2.05) is 0 Å². The minimum absolute atomic E-state index is 0.0446. The summed E-state index contributed by atoms with van der Waals surface area (Å²) in [5.41, 5.74) is 0. The molecule has 0 radical (unpaired) electrons. The van der Waals surface area contributed by atoms with Gasteiger partial charge in [-0.15, -0.1) is 0 Å². The summed E-state index contributed by atoms with van der Waals surface area (Å²) in [5, 5.41) is 9.60. The zero-order valence-electron chi connectivity index (χ0n) is 11.9. The zero-order valence-corrected chi connectivity index (χ0v) is 11.9. The highest BCUT2D eigenvalue weighted by Gasteiger charge is 2.26. The predicted molar refractivity (Wildman–Crippen MR) is 73.3 cm³/mol. The van der Waals surface area contributed by atoms with Gasteiger partial charge in [0.25, 0.3) is 0 Å². The quantitative estimate of drug-likeness (QED) is 0.705. The molecule has 0 aromatic carbocycles. The van der Waals surface area contributed by atoms with Crippen LogP contribution in [0, 0.1) is 0 Å². The number of aliphatic hydroxyl groups excluding tert-OH is 1. The summed E-state index contributed by atoms with van der Waals surface area (Å²) < 4.78 is 0. The fraction of sp³-hybridized carbons (Fsp3) is 1.00. The van der Waals surface area contributed by atoms with Gasteiger partial charge in [0.1, 0.15) is 0 Å². The molecule has 3 nitrogen and oxygen atoms in total. The van der Waals surface area contributed by atoms with Crippen LogP contribution in [-0.2, 0) is 0 Å². The van der Waals surface area contributed by atoms with Crippen molar-refractivity contribution in [3.8, 4) is 0 Å². The SMILES string of the molecule is CCN(CC)CCCN(CC)C1CCC(O)C1. The molecule has 0 aromatic heterocycles. The maximum Gasteiger partial charge on any atom is 0.0555 e. The van der Waals surface area contributed by atoms with Gasteiger partial charge in [-0.05, 0) is 58.4 Å². The van der Waals surface area contributed by atoms with Crippen LogP contribution in [-0.4, -0.2) is 59.8 Å². The third-order valence-electron chi connectivity index (χ3n) is 4.11. The smallest absolute Gasteiger partial charge is 0.0555 e. The Morgan fingerprint density at radius 1 is 1.00 bits per heavy atom. The molecular formula is C14H30N2O. The molecular weight excluding hydrogens is 212 g/mol. The second-order valence-electron chi connectivity index (χ2n) is 5.13. The first-order chi connectivity index (χ1) is 8.21. The summed E-state index contributed by atoms with van der Waals surface area (Å²) in [6.45, 7) is 12.5. The molecule has 0 saturated heterocycles. The first-order valence-electron chi connectivity index (χ1n) is 7.35. The molecule has 0 aromatic rings. The maximum absolute atomic E-state index is 9.60. The molecule has 1 aliphatic rings. The van der Waals surface area contributed by atoms with Crippen LogP contribution in [0.3, 0.4) is 0 Å². The van der Waals surface area contributed by atoms with Gasteiger partial charge in [-0.2, -0.15) is 0 Å². The van der Waals surface area contributed by atoms with Crippen LogP contribution in [0.1, 0.15) is 46.5 Å². The van der Waals surface area contributed by atoms with E-state index in [1.54, 1.807) is 0 Å². The molecule has 2 unspecified atom stereocenters. The fourth-order valence-corrected chi connectivity index (χ4v) is 2.90. The van der Waals surface area contributed by atoms with Gasteiger partial charge >= 0.3 is 0 Å². The first-order valence-corrected chi connectivity index (χ1v) is 7.35. The van der Waals surface area contributed by atoms with Crippen molar-refractivity contribution in [1.82, 2.24) is 9.80 Å². The Balaban J connectivity index is 2.23. The van der Waals surface area contributed by atoms with E-state index < -0.39 is 0 Å². The van der Waals surface area contributed by atoms with Crippen molar-refractivity contribution in [2.45, 2.75) is 58.6 Å². The minimum Gasteiger partial charge on any atom is -0.393 e. The summed E-state index contributed by atoms with van der Waals surface area (Å²) in [6, 6.07) is 0.631. The topological polar surface area (TPSA) is 26.7 Å². The highest BCUT2D eigenvalue weighted by molar-refractivity contribution is 4.82. The third-order valence-corrected chi connectivity index (χ3v) is 4.11. The molecule has 3 heteroatoms. The lowest BCUT2D eigenvalue weighted by Gasteiger charge is -2.28. The average Bonchev–Trinajstić information content (AvgIpc) is 2.76. The monoisotopic (exact) mass is 242 g/mol. The lowest BCUT2D eigenvalue weighted by Crippen LogP contribution is -2.36. The van der Waals surface area contributed by atoms with Crippen molar-refractivity contribution in [1.29, 1.82) is 0 Å².